The molecule has 1 heterocycles. The van der Waals surface area contributed by atoms with Crippen LogP contribution >= 0.6 is 0 Å². The fourth-order valence-electron chi connectivity index (χ4n) is 5.74. The van der Waals surface area contributed by atoms with Crippen LogP contribution in [-0.4, -0.2) is 0 Å². The van der Waals surface area contributed by atoms with Gasteiger partial charge in [0.1, 0.15) is 11.2 Å². The normalized spacial score (nSPS) is 17.7. The molecule has 0 N–H and O–H groups in total. The fraction of sp³-hybridized carbons (Fsp3) is 0. The third-order valence-electron chi connectivity index (χ3n) is 7.42. The first kappa shape index (κ1) is 11.6. The predicted octanol–water partition coefficient (Wildman–Crippen LogP) is 11.5. The van der Waals surface area contributed by atoms with E-state index in [4.69, 9.17) is 19.5 Å². The first-order chi connectivity index (χ1) is 27.4. The predicted molar refractivity (Wildman–Crippen MR) is 175 cm³/mol. The molecule has 1 aromatic heterocycles. The highest BCUT2D eigenvalue weighted by atomic mass is 16.3. The van der Waals surface area contributed by atoms with Crippen LogP contribution in [0.1, 0.15) is 23.3 Å². The first-order valence-corrected chi connectivity index (χ1v) is 12.7. The lowest BCUT2D eigenvalue weighted by molar-refractivity contribution is 0.670. The van der Waals surface area contributed by atoms with Crippen LogP contribution in [0.5, 0.6) is 0 Å². The molecular formula is C40H24O. The SMILES string of the molecule is [2H]c1c([2H])c([2H])c2c(-c3c([2H])c4c([2H])c([2H])c([2H])c([2H])c4c4c([2H])c([2H])c([2H])c([2H])c34)c3c([2H])c([2H])c([2H])c([2H])c3c(-c3cccc4c3oc3ccccc34)c2c1[2H]. The van der Waals surface area contributed by atoms with E-state index >= 15 is 0 Å². The molecule has 0 atom stereocenters. The van der Waals surface area contributed by atoms with Crippen molar-refractivity contribution in [3.05, 3.63) is 145 Å². The molecule has 0 saturated carbocycles. The van der Waals surface area contributed by atoms with E-state index in [1.165, 1.54) is 0 Å². The van der Waals surface area contributed by atoms with Crippen LogP contribution in [-0.2, 0) is 0 Å². The van der Waals surface area contributed by atoms with E-state index in [9.17, 15) is 8.22 Å². The molecular weight excluding hydrogens is 496 g/mol. The van der Waals surface area contributed by atoms with Crippen molar-refractivity contribution in [2.45, 2.75) is 0 Å². The average Bonchev–Trinajstić information content (AvgIpc) is 3.60. The Labute approximate surface area is 260 Å². The smallest absolute Gasteiger partial charge is 0.143 e. The number of benzene rings is 8. The van der Waals surface area contributed by atoms with Gasteiger partial charge in [-0.2, -0.15) is 0 Å². The van der Waals surface area contributed by atoms with Gasteiger partial charge in [0.05, 0.1) is 23.3 Å². The molecule has 0 aliphatic carbocycles. The van der Waals surface area contributed by atoms with E-state index in [2.05, 4.69) is 0 Å². The second-order valence-electron chi connectivity index (χ2n) is 9.53. The summed E-state index contributed by atoms with van der Waals surface area (Å²) < 4.78 is 159. The summed E-state index contributed by atoms with van der Waals surface area (Å²) in [5.41, 5.74) is -0.0499. The van der Waals surface area contributed by atoms with Gasteiger partial charge < -0.3 is 4.42 Å². The van der Waals surface area contributed by atoms with Crippen molar-refractivity contribution < 1.29 is 27.7 Å². The first-order valence-electron chi connectivity index (χ1n) is 21.2. The summed E-state index contributed by atoms with van der Waals surface area (Å²) in [7, 11) is 0. The maximum absolute atomic E-state index is 9.73. The molecule has 9 aromatic rings. The molecule has 0 aliphatic rings. The lowest BCUT2D eigenvalue weighted by atomic mass is 9.83. The number of furan rings is 1. The van der Waals surface area contributed by atoms with Gasteiger partial charge in [0, 0.05) is 21.9 Å². The Bertz CT molecular complexity index is 3340. The fourth-order valence-corrected chi connectivity index (χ4v) is 5.74. The molecule has 1 heteroatoms. The molecule has 41 heavy (non-hydrogen) atoms. The van der Waals surface area contributed by atoms with Crippen molar-refractivity contribution in [1.29, 1.82) is 0 Å². The number of rotatable bonds is 2. The summed E-state index contributed by atoms with van der Waals surface area (Å²) in [5, 5.41) is -1.69. The summed E-state index contributed by atoms with van der Waals surface area (Å²) in [5.74, 6) is 0. The Morgan fingerprint density at radius 2 is 0.951 bits per heavy atom. The summed E-state index contributed by atoms with van der Waals surface area (Å²) in [6.45, 7) is 0. The van der Waals surface area contributed by atoms with E-state index in [0.29, 0.717) is 16.4 Å². The van der Waals surface area contributed by atoms with Crippen LogP contribution in [0.3, 0.4) is 0 Å². The third kappa shape index (κ3) is 3.18. The standard InChI is InChI=1S/C40H24O/c1-2-13-26-25(12-1)24-36(28-15-4-3-14-27(26)28)39-32-19-7-5-17-30(32)38(31-18-6-8-20-33(31)39)35-22-11-21-34-29-16-9-10-23-37(29)41-40(34)35/h1-24H/i1D,2D,3D,4D,5D,6D,7D,8D,12D,13D,14D,15D,17D,18D,19D,20D,24D. The molecule has 1 nitrogen and oxygen atoms in total. The van der Waals surface area contributed by atoms with Gasteiger partial charge in [0.25, 0.3) is 0 Å². The van der Waals surface area contributed by atoms with E-state index < -0.39 is 135 Å². The Kier molecular flexibility index (Phi) is 2.42. The molecule has 0 fully saturated rings. The van der Waals surface area contributed by atoms with E-state index in [1.807, 2.05) is 6.07 Å². The molecule has 0 unspecified atom stereocenters. The van der Waals surface area contributed by atoms with E-state index in [-0.39, 0.29) is 38.3 Å². The van der Waals surface area contributed by atoms with Crippen LogP contribution in [0, 0.1) is 0 Å². The lowest BCUT2D eigenvalue weighted by Crippen LogP contribution is -1.92. The van der Waals surface area contributed by atoms with Crippen molar-refractivity contribution in [1.82, 2.24) is 0 Å². The maximum atomic E-state index is 9.73. The molecule has 0 spiro atoms. The van der Waals surface area contributed by atoms with Crippen molar-refractivity contribution in [3.8, 4) is 22.3 Å². The molecule has 0 aliphatic heterocycles. The van der Waals surface area contributed by atoms with Gasteiger partial charge >= 0.3 is 0 Å². The van der Waals surface area contributed by atoms with E-state index in [1.54, 1.807) is 36.4 Å². The molecule has 0 bridgehead atoms. The minimum absolute atomic E-state index is 0.0575. The molecule has 0 amide bonds. The van der Waals surface area contributed by atoms with Gasteiger partial charge in [-0.15, -0.1) is 0 Å². The molecule has 190 valence electrons. The summed E-state index contributed by atoms with van der Waals surface area (Å²) in [6.07, 6.45) is 0. The molecule has 9 rings (SSSR count). The van der Waals surface area contributed by atoms with Gasteiger partial charge in [0.15, 0.2) is 0 Å². The van der Waals surface area contributed by atoms with Crippen molar-refractivity contribution >= 4 is 65.0 Å². The largest absolute Gasteiger partial charge is 0.455 e. The highest BCUT2D eigenvalue weighted by molar-refractivity contribution is 6.27. The van der Waals surface area contributed by atoms with Crippen molar-refractivity contribution in [3.63, 3.8) is 0 Å². The number of para-hydroxylation sites is 2. The second-order valence-corrected chi connectivity index (χ2v) is 9.53. The molecule has 0 radical (unpaired) electrons. The zero-order valence-electron chi connectivity index (χ0n) is 37.9. The Morgan fingerprint density at radius 3 is 1.66 bits per heavy atom. The highest BCUT2D eigenvalue weighted by Crippen LogP contribution is 2.48. The Hall–Kier alpha value is -5.40. The van der Waals surface area contributed by atoms with Crippen LogP contribution in [0.15, 0.2) is 150 Å². The monoisotopic (exact) mass is 537 g/mol. The Balaban J connectivity index is 1.70. The number of fused-ring (bicyclic) bond motifs is 8. The summed E-state index contributed by atoms with van der Waals surface area (Å²) in [6, 6.07) is -0.118. The quantitative estimate of drug-likeness (QED) is 0.158. The number of hydrogen-bond donors (Lipinski definition) is 0. The second kappa shape index (κ2) is 8.55. The van der Waals surface area contributed by atoms with Gasteiger partial charge in [-0.3, -0.25) is 0 Å². The van der Waals surface area contributed by atoms with Crippen LogP contribution in [0.2, 0.25) is 0 Å². The minimum Gasteiger partial charge on any atom is -0.455 e. The zero-order valence-corrected chi connectivity index (χ0v) is 20.9. The summed E-state index contributed by atoms with van der Waals surface area (Å²) >= 11 is 0. The van der Waals surface area contributed by atoms with Gasteiger partial charge in [-0.05, 0) is 66.3 Å². The van der Waals surface area contributed by atoms with Crippen molar-refractivity contribution in [2.24, 2.45) is 0 Å². The molecule has 0 saturated heterocycles. The topological polar surface area (TPSA) is 13.1 Å². The van der Waals surface area contributed by atoms with Gasteiger partial charge in [-0.25, -0.2) is 0 Å². The van der Waals surface area contributed by atoms with Crippen LogP contribution < -0.4 is 0 Å². The molecule has 8 aromatic carbocycles. The lowest BCUT2D eigenvalue weighted by Gasteiger charge is -2.19. The van der Waals surface area contributed by atoms with Crippen LogP contribution in [0.25, 0.3) is 87.3 Å². The van der Waals surface area contributed by atoms with Gasteiger partial charge in [-0.1, -0.05) is 133 Å². The van der Waals surface area contributed by atoms with Crippen molar-refractivity contribution in [2.75, 3.05) is 0 Å². The summed E-state index contributed by atoms with van der Waals surface area (Å²) in [4.78, 5) is 0. The van der Waals surface area contributed by atoms with E-state index in [0.717, 1.165) is 0 Å². The average molecular weight is 538 g/mol. The zero-order chi connectivity index (χ0) is 41.7. The van der Waals surface area contributed by atoms with Crippen LogP contribution in [0.4, 0.5) is 0 Å². The third-order valence-corrected chi connectivity index (χ3v) is 7.42. The number of hydrogen-bond acceptors (Lipinski definition) is 1. The Morgan fingerprint density at radius 1 is 0.415 bits per heavy atom. The minimum atomic E-state index is -0.788. The highest BCUT2D eigenvalue weighted by Gasteiger charge is 2.21. The maximum Gasteiger partial charge on any atom is 0.143 e. The van der Waals surface area contributed by atoms with Gasteiger partial charge in [0.2, 0.25) is 0 Å².